The minimum atomic E-state index is -0.128. The predicted molar refractivity (Wildman–Crippen MR) is 79.2 cm³/mol. The van der Waals surface area contributed by atoms with Crippen molar-refractivity contribution in [3.63, 3.8) is 0 Å². The number of hydrogen-bond acceptors (Lipinski definition) is 4. The third kappa shape index (κ3) is 3.87. The molecule has 1 unspecified atom stereocenters. The number of thiazole rings is 1. The summed E-state index contributed by atoms with van der Waals surface area (Å²) in [4.78, 5) is 16.0. The van der Waals surface area contributed by atoms with E-state index in [1.807, 2.05) is 43.5 Å². The molecular formula is C14H17N3OS. The molecule has 1 atom stereocenters. The fourth-order valence-electron chi connectivity index (χ4n) is 1.72. The van der Waals surface area contributed by atoms with Crippen molar-refractivity contribution in [1.29, 1.82) is 0 Å². The standard InChI is InChI=1S/C14H17N3OS/c1-9(15)7-14(18)17-12-5-3-11(4-6-12)13-8-19-10(2)16-13/h3-6,8-9H,7,15H2,1-2H3,(H,17,18). The lowest BCUT2D eigenvalue weighted by molar-refractivity contribution is -0.116. The van der Waals surface area contributed by atoms with Gasteiger partial charge in [-0.3, -0.25) is 4.79 Å². The normalized spacial score (nSPS) is 12.2. The maximum absolute atomic E-state index is 11.6. The van der Waals surface area contributed by atoms with Crippen molar-refractivity contribution in [2.24, 2.45) is 5.73 Å². The lowest BCUT2D eigenvalue weighted by atomic mass is 10.1. The number of hydrogen-bond donors (Lipinski definition) is 2. The fourth-order valence-corrected chi connectivity index (χ4v) is 2.35. The molecule has 0 aliphatic carbocycles. The lowest BCUT2D eigenvalue weighted by Gasteiger charge is -2.07. The van der Waals surface area contributed by atoms with Gasteiger partial charge in [0.1, 0.15) is 0 Å². The van der Waals surface area contributed by atoms with E-state index in [2.05, 4.69) is 10.3 Å². The highest BCUT2D eigenvalue weighted by molar-refractivity contribution is 7.09. The summed E-state index contributed by atoms with van der Waals surface area (Å²) in [6.45, 7) is 3.80. The predicted octanol–water partition coefficient (Wildman–Crippen LogP) is 2.79. The minimum Gasteiger partial charge on any atom is -0.327 e. The second-order valence-corrected chi connectivity index (χ2v) is 5.62. The van der Waals surface area contributed by atoms with Gasteiger partial charge in [-0.15, -0.1) is 11.3 Å². The largest absolute Gasteiger partial charge is 0.327 e. The maximum Gasteiger partial charge on any atom is 0.225 e. The topological polar surface area (TPSA) is 68.0 Å². The maximum atomic E-state index is 11.6. The molecule has 0 aliphatic rings. The Morgan fingerprint density at radius 1 is 1.42 bits per heavy atom. The Morgan fingerprint density at radius 3 is 2.63 bits per heavy atom. The van der Waals surface area contributed by atoms with E-state index < -0.39 is 0 Å². The Morgan fingerprint density at radius 2 is 2.11 bits per heavy atom. The molecule has 1 aromatic heterocycles. The summed E-state index contributed by atoms with van der Waals surface area (Å²) < 4.78 is 0. The Hall–Kier alpha value is -1.72. The molecule has 19 heavy (non-hydrogen) atoms. The van der Waals surface area contributed by atoms with Crippen LogP contribution < -0.4 is 11.1 Å². The van der Waals surface area contributed by atoms with Crippen LogP contribution in [0.2, 0.25) is 0 Å². The summed E-state index contributed by atoms with van der Waals surface area (Å²) in [5, 5.41) is 5.89. The van der Waals surface area contributed by atoms with Crippen molar-refractivity contribution in [1.82, 2.24) is 4.98 Å². The molecule has 4 nitrogen and oxygen atoms in total. The van der Waals surface area contributed by atoms with E-state index >= 15 is 0 Å². The summed E-state index contributed by atoms with van der Waals surface area (Å²) in [5.41, 5.74) is 8.38. The van der Waals surface area contributed by atoms with Gasteiger partial charge in [-0.05, 0) is 26.0 Å². The zero-order valence-corrected chi connectivity index (χ0v) is 11.8. The molecule has 1 amide bonds. The average molecular weight is 275 g/mol. The molecule has 2 rings (SSSR count). The van der Waals surface area contributed by atoms with Gasteiger partial charge in [0.25, 0.3) is 0 Å². The van der Waals surface area contributed by atoms with Gasteiger partial charge in [0, 0.05) is 29.1 Å². The Kier molecular flexibility index (Phi) is 4.29. The molecule has 0 bridgehead atoms. The van der Waals surface area contributed by atoms with Crippen LogP contribution in [0, 0.1) is 6.92 Å². The summed E-state index contributed by atoms with van der Waals surface area (Å²) in [6.07, 6.45) is 0.326. The van der Waals surface area contributed by atoms with E-state index in [9.17, 15) is 4.79 Å². The van der Waals surface area contributed by atoms with Gasteiger partial charge in [-0.25, -0.2) is 4.98 Å². The first kappa shape index (κ1) is 13.7. The number of aryl methyl sites for hydroxylation is 1. The second kappa shape index (κ2) is 5.95. The third-order valence-electron chi connectivity index (χ3n) is 2.59. The van der Waals surface area contributed by atoms with Crippen LogP contribution in [0.3, 0.4) is 0 Å². The number of carbonyl (C=O) groups is 1. The number of benzene rings is 1. The zero-order valence-electron chi connectivity index (χ0n) is 11.0. The van der Waals surface area contributed by atoms with Crippen LogP contribution >= 0.6 is 11.3 Å². The summed E-state index contributed by atoms with van der Waals surface area (Å²) in [6, 6.07) is 7.54. The van der Waals surface area contributed by atoms with Crippen molar-refractivity contribution >= 4 is 22.9 Å². The molecule has 3 N–H and O–H groups in total. The smallest absolute Gasteiger partial charge is 0.225 e. The molecule has 0 fully saturated rings. The monoisotopic (exact) mass is 275 g/mol. The Balaban J connectivity index is 2.04. The molecule has 1 heterocycles. The summed E-state index contributed by atoms with van der Waals surface area (Å²) >= 11 is 1.63. The van der Waals surface area contributed by atoms with Gasteiger partial charge in [0.2, 0.25) is 5.91 Å². The molecule has 0 spiro atoms. The third-order valence-corrected chi connectivity index (χ3v) is 3.36. The fraction of sp³-hybridized carbons (Fsp3) is 0.286. The van der Waals surface area contributed by atoms with E-state index in [4.69, 9.17) is 5.73 Å². The molecule has 2 aromatic rings. The molecule has 100 valence electrons. The van der Waals surface area contributed by atoms with Gasteiger partial charge < -0.3 is 11.1 Å². The lowest BCUT2D eigenvalue weighted by Crippen LogP contribution is -2.23. The van der Waals surface area contributed by atoms with Crippen LogP contribution in [0.15, 0.2) is 29.6 Å². The van der Waals surface area contributed by atoms with Gasteiger partial charge >= 0.3 is 0 Å². The number of carbonyl (C=O) groups excluding carboxylic acids is 1. The van der Waals surface area contributed by atoms with Gasteiger partial charge in [-0.1, -0.05) is 12.1 Å². The average Bonchev–Trinajstić information content (AvgIpc) is 2.75. The molecule has 0 saturated carbocycles. The van der Waals surface area contributed by atoms with Crippen LogP contribution in [-0.4, -0.2) is 16.9 Å². The van der Waals surface area contributed by atoms with Gasteiger partial charge in [-0.2, -0.15) is 0 Å². The highest BCUT2D eigenvalue weighted by Crippen LogP contribution is 2.23. The quantitative estimate of drug-likeness (QED) is 0.901. The highest BCUT2D eigenvalue weighted by atomic mass is 32.1. The second-order valence-electron chi connectivity index (χ2n) is 4.56. The molecule has 0 saturated heterocycles. The van der Waals surface area contributed by atoms with Crippen LogP contribution in [0.4, 0.5) is 5.69 Å². The molecule has 0 aliphatic heterocycles. The van der Waals surface area contributed by atoms with Crippen molar-refractivity contribution in [2.75, 3.05) is 5.32 Å². The molecular weight excluding hydrogens is 258 g/mol. The minimum absolute atomic E-state index is 0.0627. The van der Waals surface area contributed by atoms with Crippen molar-refractivity contribution < 1.29 is 4.79 Å². The zero-order chi connectivity index (χ0) is 13.8. The Labute approximate surface area is 116 Å². The number of nitrogens with two attached hydrogens (primary N) is 1. The number of nitrogens with one attached hydrogen (secondary N) is 1. The van der Waals surface area contributed by atoms with Crippen LogP contribution in [0.1, 0.15) is 18.4 Å². The number of amides is 1. The highest BCUT2D eigenvalue weighted by Gasteiger charge is 2.06. The van der Waals surface area contributed by atoms with Crippen molar-refractivity contribution in [2.45, 2.75) is 26.3 Å². The number of rotatable bonds is 4. The molecule has 0 radical (unpaired) electrons. The van der Waals surface area contributed by atoms with Crippen molar-refractivity contribution in [3.8, 4) is 11.3 Å². The molecule has 1 aromatic carbocycles. The summed E-state index contributed by atoms with van der Waals surface area (Å²) in [7, 11) is 0. The SMILES string of the molecule is Cc1nc(-c2ccc(NC(=O)CC(C)N)cc2)cs1. The van der Waals surface area contributed by atoms with Crippen LogP contribution in [-0.2, 0) is 4.79 Å². The number of aromatic nitrogens is 1. The number of nitrogens with zero attached hydrogens (tertiary/aromatic N) is 1. The van der Waals surface area contributed by atoms with E-state index in [1.165, 1.54) is 0 Å². The summed E-state index contributed by atoms with van der Waals surface area (Å²) in [5.74, 6) is -0.0627. The van der Waals surface area contributed by atoms with Gasteiger partial charge in [0.05, 0.1) is 10.7 Å². The van der Waals surface area contributed by atoms with Crippen LogP contribution in [0.5, 0.6) is 0 Å². The van der Waals surface area contributed by atoms with E-state index in [0.717, 1.165) is 22.0 Å². The van der Waals surface area contributed by atoms with Crippen molar-refractivity contribution in [3.05, 3.63) is 34.7 Å². The van der Waals surface area contributed by atoms with Crippen LogP contribution in [0.25, 0.3) is 11.3 Å². The Bertz CT molecular complexity index is 560. The molecule has 5 heteroatoms. The number of anilines is 1. The van der Waals surface area contributed by atoms with E-state index in [1.54, 1.807) is 11.3 Å². The first-order valence-corrected chi connectivity index (χ1v) is 7.00. The first-order chi connectivity index (χ1) is 9.04. The van der Waals surface area contributed by atoms with E-state index in [-0.39, 0.29) is 11.9 Å². The van der Waals surface area contributed by atoms with Gasteiger partial charge in [0.15, 0.2) is 0 Å². The van der Waals surface area contributed by atoms with E-state index in [0.29, 0.717) is 6.42 Å². The first-order valence-electron chi connectivity index (χ1n) is 6.12.